The van der Waals surface area contributed by atoms with Crippen molar-refractivity contribution < 1.29 is 19.0 Å². The molecule has 4 heteroatoms. The van der Waals surface area contributed by atoms with Gasteiger partial charge in [0.1, 0.15) is 6.10 Å². The second kappa shape index (κ2) is 8.97. The molecule has 138 valence electrons. The molecular formula is C22H26O4. The maximum Gasteiger partial charge on any atom is 0.309 e. The number of hydrogen-bond acceptors (Lipinski definition) is 4. The normalized spacial score (nSPS) is 25.7. The van der Waals surface area contributed by atoms with Crippen LogP contribution in [0.4, 0.5) is 0 Å². The van der Waals surface area contributed by atoms with Crippen LogP contribution in [0, 0.1) is 11.8 Å². The van der Waals surface area contributed by atoms with Gasteiger partial charge < -0.3 is 14.2 Å². The molecule has 1 fully saturated rings. The van der Waals surface area contributed by atoms with Gasteiger partial charge in [0, 0.05) is 0 Å². The van der Waals surface area contributed by atoms with Gasteiger partial charge in [0.15, 0.2) is 6.10 Å². The molecule has 1 saturated heterocycles. The Bertz CT molecular complexity index is 686. The van der Waals surface area contributed by atoms with Crippen LogP contribution in [0.15, 0.2) is 60.7 Å². The number of carbonyl (C=O) groups is 1. The first-order chi connectivity index (χ1) is 12.6. The van der Waals surface area contributed by atoms with E-state index in [1.807, 2.05) is 74.5 Å². The summed E-state index contributed by atoms with van der Waals surface area (Å²) in [7, 11) is 0. The van der Waals surface area contributed by atoms with Crippen LogP contribution < -0.4 is 0 Å². The van der Waals surface area contributed by atoms with E-state index in [-0.39, 0.29) is 30.0 Å². The van der Waals surface area contributed by atoms with Crippen LogP contribution in [0.1, 0.15) is 25.0 Å². The van der Waals surface area contributed by atoms with Crippen LogP contribution >= 0.6 is 0 Å². The largest absolute Gasteiger partial charge is 0.457 e. The van der Waals surface area contributed by atoms with E-state index in [1.54, 1.807) is 0 Å². The molecule has 0 saturated carbocycles. The lowest BCUT2D eigenvalue weighted by Crippen LogP contribution is -2.50. The number of rotatable bonds is 7. The third-order valence-corrected chi connectivity index (χ3v) is 4.99. The van der Waals surface area contributed by atoms with E-state index in [0.717, 1.165) is 11.1 Å². The lowest BCUT2D eigenvalue weighted by molar-refractivity contribution is -0.195. The van der Waals surface area contributed by atoms with Crippen LogP contribution in [-0.4, -0.2) is 24.8 Å². The Hall–Kier alpha value is -2.17. The van der Waals surface area contributed by atoms with Crippen molar-refractivity contribution in [3.05, 3.63) is 71.8 Å². The highest BCUT2D eigenvalue weighted by Crippen LogP contribution is 2.30. The molecule has 2 unspecified atom stereocenters. The molecule has 1 aliphatic heterocycles. The summed E-state index contributed by atoms with van der Waals surface area (Å²) in [6, 6.07) is 20.0. The lowest BCUT2D eigenvalue weighted by Gasteiger charge is -2.38. The fourth-order valence-corrected chi connectivity index (χ4v) is 3.18. The topological polar surface area (TPSA) is 44.8 Å². The first-order valence-corrected chi connectivity index (χ1v) is 9.13. The third-order valence-electron chi connectivity index (χ3n) is 4.99. The van der Waals surface area contributed by atoms with Crippen molar-refractivity contribution in [3.8, 4) is 0 Å². The smallest absolute Gasteiger partial charge is 0.309 e. The van der Waals surface area contributed by atoms with Gasteiger partial charge in [-0.15, -0.1) is 0 Å². The summed E-state index contributed by atoms with van der Waals surface area (Å²) in [5.74, 6) is -0.281. The molecule has 0 bridgehead atoms. The predicted molar refractivity (Wildman–Crippen MR) is 99.3 cm³/mol. The molecule has 1 heterocycles. The Morgan fingerprint density at radius 2 is 1.46 bits per heavy atom. The zero-order valence-electron chi connectivity index (χ0n) is 15.3. The van der Waals surface area contributed by atoms with Gasteiger partial charge in [-0.25, -0.2) is 0 Å². The molecule has 4 nitrogen and oxygen atoms in total. The number of esters is 1. The van der Waals surface area contributed by atoms with Crippen molar-refractivity contribution in [2.75, 3.05) is 6.61 Å². The van der Waals surface area contributed by atoms with E-state index in [9.17, 15) is 4.79 Å². The fourth-order valence-electron chi connectivity index (χ4n) is 3.18. The fraction of sp³-hybridized carbons (Fsp3) is 0.409. The van der Waals surface area contributed by atoms with Crippen molar-refractivity contribution in [2.24, 2.45) is 11.8 Å². The summed E-state index contributed by atoms with van der Waals surface area (Å²) in [5, 5.41) is 0. The predicted octanol–water partition coefficient (Wildman–Crippen LogP) is 3.99. The van der Waals surface area contributed by atoms with Crippen LogP contribution in [0.2, 0.25) is 0 Å². The zero-order chi connectivity index (χ0) is 18.4. The van der Waals surface area contributed by atoms with E-state index >= 15 is 0 Å². The second-order valence-electron chi connectivity index (χ2n) is 6.89. The molecule has 0 aromatic heterocycles. The maximum absolute atomic E-state index is 12.1. The first-order valence-electron chi connectivity index (χ1n) is 9.13. The van der Waals surface area contributed by atoms with Crippen LogP contribution in [-0.2, 0) is 32.2 Å². The molecule has 0 amide bonds. The number of benzene rings is 2. The number of carbonyl (C=O) groups excluding carboxylic acids is 1. The van der Waals surface area contributed by atoms with E-state index in [0.29, 0.717) is 19.8 Å². The van der Waals surface area contributed by atoms with Crippen molar-refractivity contribution in [1.29, 1.82) is 0 Å². The molecule has 3 rings (SSSR count). The SMILES string of the molecule is CC1C(=O)OC(COCc2ccccc2)[C@H](OCc2ccccc2)[C@@H]1C. The summed E-state index contributed by atoms with van der Waals surface area (Å²) in [5.41, 5.74) is 2.20. The lowest BCUT2D eigenvalue weighted by atomic mass is 9.85. The first kappa shape index (κ1) is 18.6. The Labute approximate surface area is 155 Å². The van der Waals surface area contributed by atoms with Gasteiger partial charge in [-0.3, -0.25) is 4.79 Å². The maximum atomic E-state index is 12.1. The summed E-state index contributed by atoms with van der Waals surface area (Å²) in [6.07, 6.45) is -0.570. The van der Waals surface area contributed by atoms with Crippen molar-refractivity contribution in [2.45, 2.75) is 39.3 Å². The standard InChI is InChI=1S/C22H26O4/c1-16-17(2)22(23)26-20(15-24-13-18-9-5-3-6-10-18)21(16)25-14-19-11-7-4-8-12-19/h3-12,16-17,20-21H,13-15H2,1-2H3/t16-,17?,20?,21-/m1/s1. The highest BCUT2D eigenvalue weighted by molar-refractivity contribution is 5.73. The Kier molecular flexibility index (Phi) is 6.42. The molecule has 26 heavy (non-hydrogen) atoms. The van der Waals surface area contributed by atoms with Crippen molar-refractivity contribution in [3.63, 3.8) is 0 Å². The van der Waals surface area contributed by atoms with Gasteiger partial charge in [-0.05, 0) is 17.0 Å². The Morgan fingerprint density at radius 1 is 0.885 bits per heavy atom. The highest BCUT2D eigenvalue weighted by Gasteiger charge is 2.42. The third kappa shape index (κ3) is 4.71. The van der Waals surface area contributed by atoms with E-state index in [2.05, 4.69) is 0 Å². The Morgan fingerprint density at radius 3 is 2.08 bits per heavy atom. The molecular weight excluding hydrogens is 328 g/mol. The van der Waals surface area contributed by atoms with Crippen LogP contribution in [0.25, 0.3) is 0 Å². The summed E-state index contributed by atoms with van der Waals surface area (Å²) in [6.45, 7) is 5.26. The minimum atomic E-state index is -0.388. The van der Waals surface area contributed by atoms with Crippen molar-refractivity contribution in [1.82, 2.24) is 0 Å². The average molecular weight is 354 g/mol. The van der Waals surface area contributed by atoms with Gasteiger partial charge in [-0.1, -0.05) is 74.5 Å². The number of cyclic esters (lactones) is 1. The quantitative estimate of drug-likeness (QED) is 0.706. The van der Waals surface area contributed by atoms with E-state index in [1.165, 1.54) is 0 Å². The second-order valence-corrected chi connectivity index (χ2v) is 6.89. The molecule has 1 aliphatic rings. The molecule has 2 aromatic rings. The number of ether oxygens (including phenoxy) is 3. The van der Waals surface area contributed by atoms with E-state index < -0.39 is 0 Å². The number of hydrogen-bond donors (Lipinski definition) is 0. The van der Waals surface area contributed by atoms with Gasteiger partial charge >= 0.3 is 5.97 Å². The van der Waals surface area contributed by atoms with E-state index in [4.69, 9.17) is 14.2 Å². The van der Waals surface area contributed by atoms with Crippen LogP contribution in [0.3, 0.4) is 0 Å². The average Bonchev–Trinajstić information content (AvgIpc) is 2.67. The van der Waals surface area contributed by atoms with Gasteiger partial charge in [-0.2, -0.15) is 0 Å². The summed E-state index contributed by atoms with van der Waals surface area (Å²) in [4.78, 5) is 12.1. The molecule has 4 atom stereocenters. The zero-order valence-corrected chi connectivity index (χ0v) is 15.3. The monoisotopic (exact) mass is 354 g/mol. The van der Waals surface area contributed by atoms with Gasteiger partial charge in [0.2, 0.25) is 0 Å². The Balaban J connectivity index is 1.60. The van der Waals surface area contributed by atoms with Crippen molar-refractivity contribution >= 4 is 5.97 Å². The molecule has 0 spiro atoms. The van der Waals surface area contributed by atoms with Gasteiger partial charge in [0.05, 0.1) is 25.7 Å². The van der Waals surface area contributed by atoms with Gasteiger partial charge in [0.25, 0.3) is 0 Å². The summed E-state index contributed by atoms with van der Waals surface area (Å²) >= 11 is 0. The molecule has 0 aliphatic carbocycles. The minimum absolute atomic E-state index is 0.0743. The highest BCUT2D eigenvalue weighted by atomic mass is 16.6. The summed E-state index contributed by atoms with van der Waals surface area (Å²) < 4.78 is 17.6. The van der Waals surface area contributed by atoms with Crippen LogP contribution in [0.5, 0.6) is 0 Å². The molecule has 0 radical (unpaired) electrons. The minimum Gasteiger partial charge on any atom is -0.457 e. The molecule has 0 N–H and O–H groups in total. The molecule has 2 aromatic carbocycles.